The smallest absolute Gasteiger partial charge is 0.256 e. The number of benzene rings is 3. The number of aromatic nitrogens is 1. The molecule has 0 spiro atoms. The predicted octanol–water partition coefficient (Wildman–Crippen LogP) is 5.09. The van der Waals surface area contributed by atoms with Gasteiger partial charge in [-0.25, -0.2) is 8.78 Å². The van der Waals surface area contributed by atoms with Crippen LogP contribution in [0.5, 0.6) is 17.2 Å². The fraction of sp³-hybridized carbons (Fsp3) is 0.0833. The molecular formula is C24H17ClF2N2O4. The van der Waals surface area contributed by atoms with Gasteiger partial charge in [0.1, 0.15) is 22.6 Å². The summed E-state index contributed by atoms with van der Waals surface area (Å²) in [5.41, 5.74) is 0.788. The van der Waals surface area contributed by atoms with Crippen LogP contribution >= 0.6 is 11.6 Å². The first-order valence-electron chi connectivity index (χ1n) is 9.77. The van der Waals surface area contributed by atoms with Crippen LogP contribution in [0.4, 0.5) is 8.78 Å². The number of carbonyl (C=O) groups is 1. The first-order valence-corrected chi connectivity index (χ1v) is 10.1. The van der Waals surface area contributed by atoms with Gasteiger partial charge in [0.05, 0.1) is 6.61 Å². The number of carbonyl (C=O) groups excluding carboxylic acids is 1. The van der Waals surface area contributed by atoms with Crippen LogP contribution in [0, 0.1) is 11.6 Å². The molecule has 0 bridgehead atoms. The van der Waals surface area contributed by atoms with E-state index in [2.05, 4.69) is 10.3 Å². The van der Waals surface area contributed by atoms with Crippen molar-refractivity contribution < 1.29 is 28.5 Å². The molecule has 0 fully saturated rings. The number of aliphatic hydroxyl groups is 1. The molecule has 4 aromatic rings. The summed E-state index contributed by atoms with van der Waals surface area (Å²) in [4.78, 5) is 16.4. The Morgan fingerprint density at radius 1 is 1.06 bits per heavy atom. The Morgan fingerprint density at radius 2 is 1.73 bits per heavy atom. The Bertz CT molecular complexity index is 1330. The maximum absolute atomic E-state index is 15.0. The molecule has 0 atom stereocenters. The van der Waals surface area contributed by atoms with E-state index in [1.165, 1.54) is 12.1 Å². The number of amides is 1. The first-order chi connectivity index (χ1) is 15.9. The highest BCUT2D eigenvalue weighted by Crippen LogP contribution is 2.36. The third-order valence-electron chi connectivity index (χ3n) is 4.92. The molecular weight excluding hydrogens is 454 g/mol. The predicted molar refractivity (Wildman–Crippen MR) is 118 cm³/mol. The summed E-state index contributed by atoms with van der Waals surface area (Å²) < 4.78 is 35.0. The SMILES string of the molecule is O=C(NCc1ccc(Cl)cc1)c1cnc2c(F)c(Oc3ccc(CO)cc3)c(F)cc2c1O. The van der Waals surface area contributed by atoms with Crippen molar-refractivity contribution in [3.63, 3.8) is 0 Å². The van der Waals surface area contributed by atoms with Gasteiger partial charge in [0.2, 0.25) is 5.75 Å². The van der Waals surface area contributed by atoms with Gasteiger partial charge in [-0.3, -0.25) is 9.78 Å². The van der Waals surface area contributed by atoms with Gasteiger partial charge < -0.3 is 20.3 Å². The molecule has 168 valence electrons. The third kappa shape index (κ3) is 4.72. The molecule has 3 N–H and O–H groups in total. The lowest BCUT2D eigenvalue weighted by Gasteiger charge is -2.12. The maximum Gasteiger partial charge on any atom is 0.256 e. The Morgan fingerprint density at radius 3 is 2.39 bits per heavy atom. The molecule has 9 heteroatoms. The molecule has 4 rings (SSSR count). The van der Waals surface area contributed by atoms with E-state index in [1.807, 2.05) is 0 Å². The minimum Gasteiger partial charge on any atom is -0.506 e. The molecule has 0 radical (unpaired) electrons. The minimum atomic E-state index is -1.13. The highest BCUT2D eigenvalue weighted by molar-refractivity contribution is 6.30. The number of nitrogens with one attached hydrogen (secondary N) is 1. The van der Waals surface area contributed by atoms with Crippen LogP contribution < -0.4 is 10.1 Å². The van der Waals surface area contributed by atoms with Crippen molar-refractivity contribution in [3.05, 3.63) is 94.1 Å². The highest BCUT2D eigenvalue weighted by Gasteiger charge is 2.22. The number of hydrogen-bond acceptors (Lipinski definition) is 5. The molecule has 1 aromatic heterocycles. The lowest BCUT2D eigenvalue weighted by molar-refractivity contribution is 0.0948. The zero-order valence-electron chi connectivity index (χ0n) is 17.0. The number of halogens is 3. The topological polar surface area (TPSA) is 91.7 Å². The van der Waals surface area contributed by atoms with Crippen molar-refractivity contribution in [2.75, 3.05) is 0 Å². The van der Waals surface area contributed by atoms with E-state index in [-0.39, 0.29) is 35.4 Å². The molecule has 1 heterocycles. The van der Waals surface area contributed by atoms with Crippen LogP contribution in [0.1, 0.15) is 21.5 Å². The number of aliphatic hydroxyl groups excluding tert-OH is 1. The fourth-order valence-electron chi connectivity index (χ4n) is 3.15. The molecule has 0 unspecified atom stereocenters. The van der Waals surface area contributed by atoms with E-state index in [4.69, 9.17) is 21.4 Å². The average Bonchev–Trinajstić information content (AvgIpc) is 2.82. The Kier molecular flexibility index (Phi) is 6.39. The Balaban J connectivity index is 1.61. The normalized spacial score (nSPS) is 10.9. The lowest BCUT2D eigenvalue weighted by Crippen LogP contribution is -2.23. The van der Waals surface area contributed by atoms with Gasteiger partial charge >= 0.3 is 0 Å². The molecule has 0 aliphatic carbocycles. The largest absolute Gasteiger partial charge is 0.506 e. The monoisotopic (exact) mass is 470 g/mol. The first kappa shape index (κ1) is 22.4. The van der Waals surface area contributed by atoms with Crippen LogP contribution in [0.25, 0.3) is 10.9 Å². The summed E-state index contributed by atoms with van der Waals surface area (Å²) >= 11 is 5.83. The van der Waals surface area contributed by atoms with E-state index in [0.29, 0.717) is 10.6 Å². The Labute approximate surface area is 192 Å². The second kappa shape index (κ2) is 9.40. The molecule has 0 aliphatic heterocycles. The number of fused-ring (bicyclic) bond motifs is 1. The molecule has 6 nitrogen and oxygen atoms in total. The maximum atomic E-state index is 15.0. The number of hydrogen-bond donors (Lipinski definition) is 3. The second-order valence-corrected chi connectivity index (χ2v) is 7.57. The van der Waals surface area contributed by atoms with Gasteiger partial charge in [-0.15, -0.1) is 0 Å². The summed E-state index contributed by atoms with van der Waals surface area (Å²) in [7, 11) is 0. The summed E-state index contributed by atoms with van der Waals surface area (Å²) in [5, 5.41) is 22.5. The molecule has 0 saturated carbocycles. The van der Waals surface area contributed by atoms with E-state index in [1.54, 1.807) is 36.4 Å². The van der Waals surface area contributed by atoms with Crippen molar-refractivity contribution in [3.8, 4) is 17.2 Å². The fourth-order valence-corrected chi connectivity index (χ4v) is 3.28. The molecule has 1 amide bonds. The van der Waals surface area contributed by atoms with E-state index >= 15 is 0 Å². The molecule has 3 aromatic carbocycles. The van der Waals surface area contributed by atoms with E-state index in [0.717, 1.165) is 17.8 Å². The summed E-state index contributed by atoms with van der Waals surface area (Å²) in [6.07, 6.45) is 1.01. The van der Waals surface area contributed by atoms with Crippen LogP contribution in [0.2, 0.25) is 5.02 Å². The Hall–Kier alpha value is -3.75. The lowest BCUT2D eigenvalue weighted by atomic mass is 10.1. The quantitative estimate of drug-likeness (QED) is 0.365. The van der Waals surface area contributed by atoms with Crippen LogP contribution in [0.3, 0.4) is 0 Å². The van der Waals surface area contributed by atoms with Gasteiger partial charge in [0.15, 0.2) is 11.6 Å². The van der Waals surface area contributed by atoms with Crippen LogP contribution in [0.15, 0.2) is 60.8 Å². The summed E-state index contributed by atoms with van der Waals surface area (Å²) in [6, 6.07) is 13.6. The molecule has 0 saturated heterocycles. The summed E-state index contributed by atoms with van der Waals surface area (Å²) in [6.45, 7) is -0.0319. The molecule has 0 aliphatic rings. The number of rotatable bonds is 6. The highest BCUT2D eigenvalue weighted by atomic mass is 35.5. The standard InChI is InChI=1S/C24H17ClF2N2O4/c25-15-5-1-13(2-6-15)10-29-24(32)18-11-28-21-17(22(18)31)9-19(26)23(20(21)27)33-16-7-3-14(12-30)4-8-16/h1-9,11,30H,10,12H2,(H,28,31)(H,29,32). The number of pyridine rings is 1. The minimum absolute atomic E-state index is 0.145. The van der Waals surface area contributed by atoms with Crippen molar-refractivity contribution >= 4 is 28.4 Å². The summed E-state index contributed by atoms with van der Waals surface area (Å²) in [5.74, 6) is -4.04. The van der Waals surface area contributed by atoms with Crippen LogP contribution in [-0.4, -0.2) is 21.1 Å². The van der Waals surface area contributed by atoms with Gasteiger partial charge in [-0.2, -0.15) is 0 Å². The number of nitrogens with zero attached hydrogens (tertiary/aromatic N) is 1. The van der Waals surface area contributed by atoms with Gasteiger partial charge in [0, 0.05) is 23.2 Å². The van der Waals surface area contributed by atoms with Crippen molar-refractivity contribution in [2.45, 2.75) is 13.2 Å². The molecule has 33 heavy (non-hydrogen) atoms. The second-order valence-electron chi connectivity index (χ2n) is 7.13. The third-order valence-corrected chi connectivity index (χ3v) is 5.17. The average molecular weight is 471 g/mol. The van der Waals surface area contributed by atoms with E-state index in [9.17, 15) is 18.7 Å². The zero-order chi connectivity index (χ0) is 23.5. The van der Waals surface area contributed by atoms with Crippen molar-refractivity contribution in [1.82, 2.24) is 10.3 Å². The van der Waals surface area contributed by atoms with Gasteiger partial charge in [0.25, 0.3) is 5.91 Å². The zero-order valence-corrected chi connectivity index (χ0v) is 17.7. The van der Waals surface area contributed by atoms with Gasteiger partial charge in [-0.1, -0.05) is 35.9 Å². The van der Waals surface area contributed by atoms with Crippen molar-refractivity contribution in [2.24, 2.45) is 0 Å². The number of ether oxygens (including phenoxy) is 1. The number of aromatic hydroxyl groups is 1. The van der Waals surface area contributed by atoms with Crippen LogP contribution in [-0.2, 0) is 13.2 Å². The van der Waals surface area contributed by atoms with E-state index < -0.39 is 29.0 Å². The van der Waals surface area contributed by atoms with Crippen molar-refractivity contribution in [1.29, 1.82) is 0 Å². The van der Waals surface area contributed by atoms with Gasteiger partial charge in [-0.05, 0) is 41.5 Å².